The first-order valence-corrected chi connectivity index (χ1v) is 7.41. The van der Waals surface area contributed by atoms with Gasteiger partial charge in [0.25, 0.3) is 6.43 Å². The van der Waals surface area contributed by atoms with Crippen LogP contribution in [-0.4, -0.2) is 11.7 Å². The maximum Gasteiger partial charge on any atom is 0.265 e. The van der Waals surface area contributed by atoms with Gasteiger partial charge in [-0.2, -0.15) is 0 Å². The Bertz CT molecular complexity index is 614. The average molecular weight is 307 g/mol. The number of halogens is 2. The minimum atomic E-state index is -2.61. The minimum Gasteiger partial charge on any atom is -0.325 e. The van der Waals surface area contributed by atoms with E-state index in [4.69, 9.17) is 0 Å². The molecule has 110 valence electrons. The number of thioether (sulfide) groups is 1. The summed E-state index contributed by atoms with van der Waals surface area (Å²) in [4.78, 5) is 12.8. The Hall–Kier alpha value is -1.88. The molecule has 0 bridgehead atoms. The number of amides is 1. The average Bonchev–Trinajstić information content (AvgIpc) is 2.47. The van der Waals surface area contributed by atoms with Gasteiger partial charge in [-0.25, -0.2) is 8.78 Å². The maximum atomic E-state index is 12.8. The lowest BCUT2D eigenvalue weighted by molar-refractivity contribution is -0.113. The molecule has 0 aliphatic carbocycles. The molecule has 0 aliphatic rings. The Labute approximate surface area is 126 Å². The van der Waals surface area contributed by atoms with E-state index in [0.29, 0.717) is 0 Å². The van der Waals surface area contributed by atoms with Gasteiger partial charge in [-0.15, -0.1) is 11.8 Å². The predicted molar refractivity (Wildman–Crippen MR) is 81.9 cm³/mol. The second-order valence-corrected chi connectivity index (χ2v) is 5.59. The van der Waals surface area contributed by atoms with Gasteiger partial charge in [-0.3, -0.25) is 4.79 Å². The van der Waals surface area contributed by atoms with E-state index in [0.717, 1.165) is 10.5 Å². The van der Waals surface area contributed by atoms with Crippen LogP contribution in [-0.2, 0) is 4.79 Å². The molecule has 0 aliphatic heterocycles. The molecular formula is C16H15F2NOS. The third-order valence-electron chi connectivity index (χ3n) is 2.86. The molecule has 0 heterocycles. The first kappa shape index (κ1) is 15.5. The second kappa shape index (κ2) is 7.22. The third kappa shape index (κ3) is 4.56. The van der Waals surface area contributed by atoms with Gasteiger partial charge in [-0.1, -0.05) is 35.9 Å². The monoisotopic (exact) mass is 307 g/mol. The summed E-state index contributed by atoms with van der Waals surface area (Å²) in [6, 6.07) is 13.7. The van der Waals surface area contributed by atoms with E-state index in [1.807, 2.05) is 31.2 Å². The predicted octanol–water partition coefficient (Wildman–Crippen LogP) is 4.66. The van der Waals surface area contributed by atoms with Crippen LogP contribution in [0.3, 0.4) is 0 Å². The van der Waals surface area contributed by atoms with E-state index >= 15 is 0 Å². The summed E-state index contributed by atoms with van der Waals surface area (Å²) in [6.07, 6.45) is -2.61. The number of para-hydroxylation sites is 1. The number of hydrogen-bond donors (Lipinski definition) is 1. The number of carbonyl (C=O) groups is 1. The van der Waals surface area contributed by atoms with Gasteiger partial charge in [-0.05, 0) is 25.1 Å². The molecule has 2 rings (SSSR count). The first-order valence-electron chi connectivity index (χ1n) is 6.42. The fraction of sp³-hybridized carbons (Fsp3) is 0.188. The van der Waals surface area contributed by atoms with Crippen LogP contribution in [0, 0.1) is 6.92 Å². The molecule has 0 saturated heterocycles. The van der Waals surface area contributed by atoms with Crippen LogP contribution in [0.5, 0.6) is 0 Å². The molecular weight excluding hydrogens is 292 g/mol. The molecule has 1 amide bonds. The van der Waals surface area contributed by atoms with E-state index in [1.165, 1.54) is 30.0 Å². The fourth-order valence-corrected chi connectivity index (χ4v) is 2.47. The van der Waals surface area contributed by atoms with E-state index in [1.54, 1.807) is 6.07 Å². The molecule has 0 radical (unpaired) electrons. The largest absolute Gasteiger partial charge is 0.325 e. The van der Waals surface area contributed by atoms with E-state index in [9.17, 15) is 13.6 Å². The zero-order valence-corrected chi connectivity index (χ0v) is 12.3. The van der Waals surface area contributed by atoms with Crippen molar-refractivity contribution >= 4 is 23.4 Å². The zero-order chi connectivity index (χ0) is 15.2. The van der Waals surface area contributed by atoms with Crippen LogP contribution in [0.25, 0.3) is 0 Å². The highest BCUT2D eigenvalue weighted by Crippen LogP contribution is 2.27. The smallest absolute Gasteiger partial charge is 0.265 e. The standard InChI is InChI=1S/C16H15F2NOS/c1-11-6-8-12(9-7-11)21-10-15(20)19-14-5-3-2-4-13(14)16(17)18/h2-9,16H,10H2,1H3,(H,19,20). The Morgan fingerprint density at radius 3 is 2.48 bits per heavy atom. The highest BCUT2D eigenvalue weighted by molar-refractivity contribution is 8.00. The van der Waals surface area contributed by atoms with Crippen molar-refractivity contribution in [1.82, 2.24) is 0 Å². The Morgan fingerprint density at radius 1 is 1.14 bits per heavy atom. The van der Waals surface area contributed by atoms with Gasteiger partial charge in [0.05, 0.1) is 5.75 Å². The van der Waals surface area contributed by atoms with Gasteiger partial charge in [0, 0.05) is 16.1 Å². The lowest BCUT2D eigenvalue weighted by Crippen LogP contribution is -2.15. The number of alkyl halides is 2. The molecule has 0 fully saturated rings. The lowest BCUT2D eigenvalue weighted by atomic mass is 10.2. The van der Waals surface area contributed by atoms with Crippen molar-refractivity contribution < 1.29 is 13.6 Å². The lowest BCUT2D eigenvalue weighted by Gasteiger charge is -2.10. The summed E-state index contributed by atoms with van der Waals surface area (Å²) in [5.74, 6) is -0.116. The summed E-state index contributed by atoms with van der Waals surface area (Å²) in [5, 5.41) is 2.53. The van der Waals surface area contributed by atoms with Crippen LogP contribution in [0.4, 0.5) is 14.5 Å². The highest BCUT2D eigenvalue weighted by Gasteiger charge is 2.14. The Morgan fingerprint density at radius 2 is 1.81 bits per heavy atom. The number of aryl methyl sites for hydroxylation is 1. The molecule has 2 aromatic rings. The molecule has 0 saturated carbocycles. The summed E-state index contributed by atoms with van der Waals surface area (Å²) in [7, 11) is 0. The molecule has 21 heavy (non-hydrogen) atoms. The maximum absolute atomic E-state index is 12.8. The molecule has 0 aromatic heterocycles. The van der Waals surface area contributed by atoms with Gasteiger partial charge in [0.1, 0.15) is 0 Å². The van der Waals surface area contributed by atoms with Crippen molar-refractivity contribution in [3.63, 3.8) is 0 Å². The van der Waals surface area contributed by atoms with Crippen LogP contribution < -0.4 is 5.32 Å². The zero-order valence-electron chi connectivity index (χ0n) is 11.5. The first-order chi connectivity index (χ1) is 10.1. The molecule has 0 unspecified atom stereocenters. The van der Waals surface area contributed by atoms with E-state index in [-0.39, 0.29) is 22.9 Å². The van der Waals surface area contributed by atoms with E-state index < -0.39 is 6.43 Å². The van der Waals surface area contributed by atoms with Crippen LogP contribution >= 0.6 is 11.8 Å². The highest BCUT2D eigenvalue weighted by atomic mass is 32.2. The van der Waals surface area contributed by atoms with Crippen LogP contribution in [0.15, 0.2) is 53.4 Å². The fourth-order valence-electron chi connectivity index (χ4n) is 1.77. The summed E-state index contributed by atoms with van der Waals surface area (Å²) in [6.45, 7) is 1.99. The molecule has 0 spiro atoms. The molecule has 1 N–H and O–H groups in total. The van der Waals surface area contributed by atoms with Crippen LogP contribution in [0.1, 0.15) is 17.6 Å². The number of rotatable bonds is 5. The quantitative estimate of drug-likeness (QED) is 0.814. The minimum absolute atomic E-state index is 0.161. The Kier molecular flexibility index (Phi) is 5.33. The van der Waals surface area contributed by atoms with Crippen molar-refractivity contribution in [3.8, 4) is 0 Å². The number of benzene rings is 2. The molecule has 5 heteroatoms. The number of anilines is 1. The molecule has 2 nitrogen and oxygen atoms in total. The van der Waals surface area contributed by atoms with Crippen molar-refractivity contribution in [2.75, 3.05) is 11.1 Å². The second-order valence-electron chi connectivity index (χ2n) is 4.54. The van der Waals surface area contributed by atoms with Crippen molar-refractivity contribution in [3.05, 3.63) is 59.7 Å². The SMILES string of the molecule is Cc1ccc(SCC(=O)Nc2ccccc2C(F)F)cc1. The van der Waals surface area contributed by atoms with Crippen molar-refractivity contribution in [1.29, 1.82) is 0 Å². The summed E-state index contributed by atoms with van der Waals surface area (Å²) in [5.41, 5.74) is 1.16. The van der Waals surface area contributed by atoms with Crippen LogP contribution in [0.2, 0.25) is 0 Å². The van der Waals surface area contributed by atoms with E-state index in [2.05, 4.69) is 5.32 Å². The van der Waals surface area contributed by atoms with Gasteiger partial charge < -0.3 is 5.32 Å². The molecule has 2 aromatic carbocycles. The topological polar surface area (TPSA) is 29.1 Å². The molecule has 0 atom stereocenters. The van der Waals surface area contributed by atoms with Gasteiger partial charge in [0.2, 0.25) is 5.91 Å². The summed E-state index contributed by atoms with van der Waals surface area (Å²) >= 11 is 1.37. The van der Waals surface area contributed by atoms with Gasteiger partial charge >= 0.3 is 0 Å². The number of hydrogen-bond acceptors (Lipinski definition) is 2. The number of nitrogens with one attached hydrogen (secondary N) is 1. The van der Waals surface area contributed by atoms with Crippen molar-refractivity contribution in [2.24, 2.45) is 0 Å². The third-order valence-corrected chi connectivity index (χ3v) is 3.87. The van der Waals surface area contributed by atoms with Gasteiger partial charge in [0.15, 0.2) is 0 Å². The number of carbonyl (C=O) groups excluding carboxylic acids is 1. The summed E-state index contributed by atoms with van der Waals surface area (Å²) < 4.78 is 25.6. The Balaban J connectivity index is 1.94. The van der Waals surface area contributed by atoms with Crippen molar-refractivity contribution in [2.45, 2.75) is 18.2 Å². The normalized spacial score (nSPS) is 10.7.